The molecule has 4 nitrogen and oxygen atoms in total. The van der Waals surface area contributed by atoms with Gasteiger partial charge in [0.05, 0.1) is 0 Å². The summed E-state index contributed by atoms with van der Waals surface area (Å²) in [5.74, 6) is 0.606. The van der Waals surface area contributed by atoms with E-state index in [1.165, 1.54) is 32.2 Å². The lowest BCUT2D eigenvalue weighted by Gasteiger charge is -2.34. The smallest absolute Gasteiger partial charge is 0.324 e. The Bertz CT molecular complexity index is 379. The van der Waals surface area contributed by atoms with Crippen molar-refractivity contribution in [3.63, 3.8) is 0 Å². The number of carboxylic acid groups (broad SMARTS) is 1. The van der Waals surface area contributed by atoms with Crippen molar-refractivity contribution < 1.29 is 9.90 Å². The molecule has 0 amide bonds. The van der Waals surface area contributed by atoms with Crippen molar-refractivity contribution >= 4 is 5.97 Å². The SMILES string of the molecule is CCNC1(C(=O)O)CCCC1CCN(CC1CC1)C1CC1. The third kappa shape index (κ3) is 3.42. The third-order valence-corrected chi connectivity index (χ3v) is 5.71. The molecule has 2 atom stereocenters. The molecule has 3 aliphatic carbocycles. The summed E-state index contributed by atoms with van der Waals surface area (Å²) in [6.07, 6.45) is 9.49. The highest BCUT2D eigenvalue weighted by atomic mass is 16.4. The summed E-state index contributed by atoms with van der Waals surface area (Å²) in [5, 5.41) is 13.0. The Labute approximate surface area is 128 Å². The van der Waals surface area contributed by atoms with Gasteiger partial charge in [-0.2, -0.15) is 0 Å². The van der Waals surface area contributed by atoms with Gasteiger partial charge >= 0.3 is 5.97 Å². The maximum atomic E-state index is 11.8. The van der Waals surface area contributed by atoms with E-state index < -0.39 is 11.5 Å². The van der Waals surface area contributed by atoms with Gasteiger partial charge in [0.2, 0.25) is 0 Å². The molecule has 3 saturated carbocycles. The average Bonchev–Trinajstić information content (AvgIpc) is 3.34. The van der Waals surface area contributed by atoms with Crippen LogP contribution in [0, 0.1) is 11.8 Å². The van der Waals surface area contributed by atoms with Crippen molar-refractivity contribution in [2.24, 2.45) is 11.8 Å². The Morgan fingerprint density at radius 2 is 2.05 bits per heavy atom. The summed E-state index contributed by atoms with van der Waals surface area (Å²) in [6, 6.07) is 0.811. The maximum Gasteiger partial charge on any atom is 0.324 e. The monoisotopic (exact) mass is 294 g/mol. The molecule has 2 N–H and O–H groups in total. The molecule has 0 spiro atoms. The van der Waals surface area contributed by atoms with E-state index in [-0.39, 0.29) is 0 Å². The summed E-state index contributed by atoms with van der Waals surface area (Å²) >= 11 is 0. The van der Waals surface area contributed by atoms with E-state index >= 15 is 0 Å². The zero-order valence-corrected chi connectivity index (χ0v) is 13.3. The van der Waals surface area contributed by atoms with Crippen LogP contribution in [0.15, 0.2) is 0 Å². The molecule has 0 aromatic heterocycles. The van der Waals surface area contributed by atoms with Crippen LogP contribution in [0.5, 0.6) is 0 Å². The molecule has 0 bridgehead atoms. The van der Waals surface area contributed by atoms with Crippen molar-refractivity contribution in [1.82, 2.24) is 10.2 Å². The van der Waals surface area contributed by atoms with Gasteiger partial charge in [0.15, 0.2) is 0 Å². The highest BCUT2D eigenvalue weighted by molar-refractivity contribution is 5.79. The molecule has 0 aromatic carbocycles. The second kappa shape index (κ2) is 6.25. The fraction of sp³-hybridized carbons (Fsp3) is 0.941. The highest BCUT2D eigenvalue weighted by Crippen LogP contribution is 2.40. The number of carboxylic acids is 1. The molecule has 0 saturated heterocycles. The van der Waals surface area contributed by atoms with Gasteiger partial charge in [0.1, 0.15) is 5.54 Å². The van der Waals surface area contributed by atoms with E-state index in [9.17, 15) is 9.90 Å². The third-order valence-electron chi connectivity index (χ3n) is 5.71. The summed E-state index contributed by atoms with van der Waals surface area (Å²) in [6.45, 7) is 5.13. The van der Waals surface area contributed by atoms with Crippen molar-refractivity contribution in [1.29, 1.82) is 0 Å². The van der Waals surface area contributed by atoms with Gasteiger partial charge in [-0.25, -0.2) is 0 Å². The molecule has 3 aliphatic rings. The number of rotatable bonds is 9. The van der Waals surface area contributed by atoms with Gasteiger partial charge in [-0.3, -0.25) is 4.79 Å². The van der Waals surface area contributed by atoms with Gasteiger partial charge in [0, 0.05) is 12.6 Å². The Morgan fingerprint density at radius 1 is 1.29 bits per heavy atom. The van der Waals surface area contributed by atoms with Crippen molar-refractivity contribution in [2.45, 2.75) is 69.9 Å². The lowest BCUT2D eigenvalue weighted by molar-refractivity contribution is -0.146. The van der Waals surface area contributed by atoms with Crippen LogP contribution in [0.3, 0.4) is 0 Å². The first-order chi connectivity index (χ1) is 10.2. The second-order valence-corrected chi connectivity index (χ2v) is 7.35. The van der Waals surface area contributed by atoms with Gasteiger partial charge in [-0.15, -0.1) is 0 Å². The Hall–Kier alpha value is -0.610. The van der Waals surface area contributed by atoms with Crippen LogP contribution < -0.4 is 5.32 Å². The molecule has 0 aromatic rings. The van der Waals surface area contributed by atoms with Gasteiger partial charge in [-0.1, -0.05) is 13.3 Å². The lowest BCUT2D eigenvalue weighted by Crippen LogP contribution is -2.55. The number of nitrogens with one attached hydrogen (secondary N) is 1. The molecule has 3 fully saturated rings. The van der Waals surface area contributed by atoms with E-state index in [1.54, 1.807) is 0 Å². The minimum Gasteiger partial charge on any atom is -0.480 e. The van der Waals surface area contributed by atoms with E-state index in [4.69, 9.17) is 0 Å². The first-order valence-corrected chi connectivity index (χ1v) is 8.88. The molecule has 2 unspecified atom stereocenters. The molecule has 0 heterocycles. The van der Waals surface area contributed by atoms with E-state index in [1.807, 2.05) is 6.92 Å². The minimum absolute atomic E-state index is 0.301. The summed E-state index contributed by atoms with van der Waals surface area (Å²) in [7, 11) is 0. The van der Waals surface area contributed by atoms with Crippen molar-refractivity contribution in [2.75, 3.05) is 19.6 Å². The number of hydrogen-bond donors (Lipinski definition) is 2. The summed E-state index contributed by atoms with van der Waals surface area (Å²) in [5.41, 5.74) is -0.649. The quantitative estimate of drug-likeness (QED) is 0.686. The minimum atomic E-state index is -0.649. The van der Waals surface area contributed by atoms with Crippen LogP contribution in [0.2, 0.25) is 0 Å². The standard InChI is InChI=1S/C17H30N2O2/c1-2-18-17(16(20)21)10-3-4-14(17)9-11-19(15-7-8-15)12-13-5-6-13/h13-15,18H,2-12H2,1H3,(H,20,21). The molecule has 120 valence electrons. The molecule has 0 radical (unpaired) electrons. The molecule has 4 heteroatoms. The first kappa shape index (κ1) is 15.3. The Morgan fingerprint density at radius 3 is 2.62 bits per heavy atom. The topological polar surface area (TPSA) is 52.6 Å². The molecular weight excluding hydrogens is 264 g/mol. The van der Waals surface area contributed by atoms with Crippen LogP contribution in [-0.4, -0.2) is 47.2 Å². The van der Waals surface area contributed by atoms with Crippen molar-refractivity contribution in [3.8, 4) is 0 Å². The number of carbonyl (C=O) groups is 1. The predicted molar refractivity (Wildman–Crippen MR) is 83.3 cm³/mol. The number of likely N-dealkylation sites (N-methyl/N-ethyl adjacent to an activating group) is 1. The fourth-order valence-electron chi connectivity index (χ4n) is 4.19. The van der Waals surface area contributed by atoms with E-state index in [0.717, 1.165) is 50.7 Å². The maximum absolute atomic E-state index is 11.8. The summed E-state index contributed by atoms with van der Waals surface area (Å²) in [4.78, 5) is 14.5. The molecule has 0 aliphatic heterocycles. The normalized spacial score (nSPS) is 32.8. The Balaban J connectivity index is 1.57. The lowest BCUT2D eigenvalue weighted by atomic mass is 9.84. The van der Waals surface area contributed by atoms with Crippen LogP contribution in [0.25, 0.3) is 0 Å². The van der Waals surface area contributed by atoms with E-state index in [0.29, 0.717) is 5.92 Å². The average molecular weight is 294 g/mol. The first-order valence-electron chi connectivity index (χ1n) is 8.88. The van der Waals surface area contributed by atoms with Crippen LogP contribution in [0.1, 0.15) is 58.3 Å². The zero-order chi connectivity index (χ0) is 14.9. The molecular formula is C17H30N2O2. The number of aliphatic carboxylic acids is 1. The Kier molecular flexibility index (Phi) is 4.55. The molecule has 3 rings (SSSR count). The largest absolute Gasteiger partial charge is 0.480 e. The second-order valence-electron chi connectivity index (χ2n) is 7.35. The van der Waals surface area contributed by atoms with Crippen LogP contribution >= 0.6 is 0 Å². The van der Waals surface area contributed by atoms with Crippen LogP contribution in [0.4, 0.5) is 0 Å². The predicted octanol–water partition coefficient (Wildman–Crippen LogP) is 2.48. The number of hydrogen-bond acceptors (Lipinski definition) is 3. The van der Waals surface area contributed by atoms with Gasteiger partial charge in [-0.05, 0) is 69.9 Å². The van der Waals surface area contributed by atoms with Gasteiger partial charge < -0.3 is 15.3 Å². The number of nitrogens with zero attached hydrogens (tertiary/aromatic N) is 1. The highest BCUT2D eigenvalue weighted by Gasteiger charge is 2.48. The van der Waals surface area contributed by atoms with Crippen LogP contribution in [-0.2, 0) is 4.79 Å². The van der Waals surface area contributed by atoms with Crippen molar-refractivity contribution in [3.05, 3.63) is 0 Å². The zero-order valence-electron chi connectivity index (χ0n) is 13.3. The molecule has 21 heavy (non-hydrogen) atoms. The fourth-order valence-corrected chi connectivity index (χ4v) is 4.19. The van der Waals surface area contributed by atoms with E-state index in [2.05, 4.69) is 10.2 Å². The van der Waals surface area contributed by atoms with Gasteiger partial charge in [0.25, 0.3) is 0 Å². The summed E-state index contributed by atoms with van der Waals surface area (Å²) < 4.78 is 0.